The Morgan fingerprint density at radius 2 is 2.20 bits per heavy atom. The summed E-state index contributed by atoms with van der Waals surface area (Å²) in [6.45, 7) is 1.29. The van der Waals surface area contributed by atoms with Gasteiger partial charge in [0.2, 0.25) is 5.91 Å². The van der Waals surface area contributed by atoms with E-state index in [1.165, 1.54) is 0 Å². The zero-order valence-electron chi connectivity index (χ0n) is 11.7. The van der Waals surface area contributed by atoms with Crippen LogP contribution in [0.5, 0.6) is 0 Å². The van der Waals surface area contributed by atoms with Crippen LogP contribution in [0.3, 0.4) is 0 Å². The molecule has 2 aliphatic heterocycles. The second kappa shape index (κ2) is 7.73. The van der Waals surface area contributed by atoms with Crippen molar-refractivity contribution >= 4 is 23.7 Å². The minimum Gasteiger partial charge on any atom is -0.356 e. The van der Waals surface area contributed by atoms with Crippen LogP contribution < -0.4 is 21.7 Å². The number of hydrogen-bond donors (Lipinski definition) is 4. The summed E-state index contributed by atoms with van der Waals surface area (Å²) >= 11 is 1.92. The molecule has 114 valence electrons. The molecule has 2 heterocycles. The van der Waals surface area contributed by atoms with Gasteiger partial charge in [-0.2, -0.15) is 11.8 Å². The van der Waals surface area contributed by atoms with Crippen LogP contribution in [0.15, 0.2) is 0 Å². The molecule has 6 nitrogen and oxygen atoms in total. The van der Waals surface area contributed by atoms with Crippen molar-refractivity contribution in [3.05, 3.63) is 0 Å². The first-order valence-corrected chi connectivity index (χ1v) is 8.41. The van der Waals surface area contributed by atoms with Gasteiger partial charge >= 0.3 is 6.03 Å². The van der Waals surface area contributed by atoms with Crippen LogP contribution in [0.2, 0.25) is 0 Å². The van der Waals surface area contributed by atoms with Crippen LogP contribution in [0.4, 0.5) is 4.79 Å². The third kappa shape index (κ3) is 4.28. The van der Waals surface area contributed by atoms with Gasteiger partial charge in [-0.15, -0.1) is 0 Å². The van der Waals surface area contributed by atoms with Crippen molar-refractivity contribution in [1.82, 2.24) is 16.0 Å². The van der Waals surface area contributed by atoms with Gasteiger partial charge in [-0.05, 0) is 25.8 Å². The van der Waals surface area contributed by atoms with Gasteiger partial charge in [0.25, 0.3) is 0 Å². The molecule has 7 heteroatoms. The van der Waals surface area contributed by atoms with Gasteiger partial charge in [0.05, 0.1) is 12.1 Å². The Bertz CT molecular complexity index is 353. The average molecular weight is 300 g/mol. The standard InChI is InChI=1S/C13H24N4O2S/c14-6-3-7-15-11(18)5-2-1-4-10-12-9(8-20-10)16-13(19)17-12/h9-10,12H,1-8,14H2,(H,15,18)(H2,16,17,19)/t9?,10-,12?/m0/s1. The number of nitrogens with two attached hydrogens (primary N) is 1. The second-order valence-corrected chi connectivity index (χ2v) is 6.63. The molecule has 2 unspecified atom stereocenters. The Labute approximate surface area is 124 Å². The van der Waals surface area contributed by atoms with E-state index in [0.29, 0.717) is 24.8 Å². The first kappa shape index (κ1) is 15.4. The van der Waals surface area contributed by atoms with Crippen molar-refractivity contribution in [2.75, 3.05) is 18.8 Å². The highest BCUT2D eigenvalue weighted by molar-refractivity contribution is 8.00. The molecule has 0 spiro atoms. The third-order valence-electron chi connectivity index (χ3n) is 3.78. The molecule has 0 aromatic carbocycles. The van der Waals surface area contributed by atoms with E-state index in [1.54, 1.807) is 0 Å². The maximum atomic E-state index is 11.5. The summed E-state index contributed by atoms with van der Waals surface area (Å²) in [4.78, 5) is 22.8. The fourth-order valence-electron chi connectivity index (χ4n) is 2.69. The molecule has 2 fully saturated rings. The van der Waals surface area contributed by atoms with Crippen molar-refractivity contribution in [3.8, 4) is 0 Å². The molecule has 0 aliphatic carbocycles. The van der Waals surface area contributed by atoms with Gasteiger partial charge in [-0.3, -0.25) is 4.79 Å². The third-order valence-corrected chi connectivity index (χ3v) is 5.29. The number of unbranched alkanes of at least 4 members (excludes halogenated alkanes) is 1. The summed E-state index contributed by atoms with van der Waals surface area (Å²) in [6.07, 6.45) is 4.41. The predicted molar refractivity (Wildman–Crippen MR) is 80.6 cm³/mol. The summed E-state index contributed by atoms with van der Waals surface area (Å²) in [5, 5.41) is 9.27. The highest BCUT2D eigenvalue weighted by Crippen LogP contribution is 2.33. The van der Waals surface area contributed by atoms with Crippen LogP contribution in [0, 0.1) is 0 Å². The van der Waals surface area contributed by atoms with E-state index >= 15 is 0 Å². The number of carbonyl (C=O) groups is 2. The Morgan fingerprint density at radius 3 is 3.00 bits per heavy atom. The molecule has 0 saturated carbocycles. The summed E-state index contributed by atoms with van der Waals surface area (Å²) in [5.41, 5.74) is 5.37. The minimum absolute atomic E-state index is 0.0374. The van der Waals surface area contributed by atoms with Gasteiger partial charge < -0.3 is 21.7 Å². The normalized spacial score (nSPS) is 27.9. The molecule has 0 aromatic rings. The number of carbonyl (C=O) groups excluding carboxylic acids is 2. The fraction of sp³-hybridized carbons (Fsp3) is 0.846. The average Bonchev–Trinajstić information content (AvgIpc) is 2.95. The lowest BCUT2D eigenvalue weighted by Gasteiger charge is -2.16. The SMILES string of the molecule is NCCCNC(=O)CCCC[C@@H]1SCC2NC(=O)NC21. The van der Waals surface area contributed by atoms with Crippen LogP contribution in [0.25, 0.3) is 0 Å². The number of amides is 3. The smallest absolute Gasteiger partial charge is 0.315 e. The van der Waals surface area contributed by atoms with E-state index in [4.69, 9.17) is 5.73 Å². The number of urea groups is 1. The Hall–Kier alpha value is -0.950. The van der Waals surface area contributed by atoms with E-state index in [2.05, 4.69) is 16.0 Å². The van der Waals surface area contributed by atoms with Crippen molar-refractivity contribution in [2.24, 2.45) is 5.73 Å². The second-order valence-electron chi connectivity index (χ2n) is 5.36. The Balaban J connectivity index is 1.55. The highest BCUT2D eigenvalue weighted by Gasteiger charge is 2.42. The van der Waals surface area contributed by atoms with Crippen LogP contribution >= 0.6 is 11.8 Å². The minimum atomic E-state index is -0.0374. The molecular weight excluding hydrogens is 276 g/mol. The zero-order chi connectivity index (χ0) is 14.4. The number of nitrogens with one attached hydrogen (secondary N) is 3. The quantitative estimate of drug-likeness (QED) is 0.380. The monoisotopic (exact) mass is 300 g/mol. The van der Waals surface area contributed by atoms with Crippen LogP contribution in [0.1, 0.15) is 32.1 Å². The van der Waals surface area contributed by atoms with Gasteiger partial charge in [-0.1, -0.05) is 6.42 Å². The molecule has 2 aliphatic rings. The number of fused-ring (bicyclic) bond motifs is 1. The van der Waals surface area contributed by atoms with Gasteiger partial charge in [-0.25, -0.2) is 4.79 Å². The van der Waals surface area contributed by atoms with E-state index < -0.39 is 0 Å². The van der Waals surface area contributed by atoms with E-state index in [0.717, 1.165) is 31.4 Å². The molecular formula is C13H24N4O2S. The molecule has 0 aromatic heterocycles. The fourth-order valence-corrected chi connectivity index (χ4v) is 4.24. The van der Waals surface area contributed by atoms with Crippen molar-refractivity contribution < 1.29 is 9.59 Å². The van der Waals surface area contributed by atoms with Crippen molar-refractivity contribution in [2.45, 2.75) is 49.4 Å². The molecule has 5 N–H and O–H groups in total. The van der Waals surface area contributed by atoms with E-state index in [-0.39, 0.29) is 24.0 Å². The Kier molecular flexibility index (Phi) is 5.97. The summed E-state index contributed by atoms with van der Waals surface area (Å²) < 4.78 is 0. The van der Waals surface area contributed by atoms with Gasteiger partial charge in [0.15, 0.2) is 0 Å². The lowest BCUT2D eigenvalue weighted by molar-refractivity contribution is -0.121. The molecule has 3 amide bonds. The van der Waals surface area contributed by atoms with Crippen molar-refractivity contribution in [3.63, 3.8) is 0 Å². The van der Waals surface area contributed by atoms with Crippen LogP contribution in [-0.4, -0.2) is 48.1 Å². The van der Waals surface area contributed by atoms with Crippen LogP contribution in [-0.2, 0) is 4.79 Å². The van der Waals surface area contributed by atoms with E-state index in [9.17, 15) is 9.59 Å². The molecule has 20 heavy (non-hydrogen) atoms. The first-order valence-electron chi connectivity index (χ1n) is 7.36. The topological polar surface area (TPSA) is 96.2 Å². The first-order chi connectivity index (χ1) is 9.70. The zero-order valence-corrected chi connectivity index (χ0v) is 12.5. The Morgan fingerprint density at radius 1 is 1.35 bits per heavy atom. The van der Waals surface area contributed by atoms with Gasteiger partial charge in [0, 0.05) is 24.0 Å². The molecule has 2 saturated heterocycles. The highest BCUT2D eigenvalue weighted by atomic mass is 32.2. The molecule has 3 atom stereocenters. The maximum absolute atomic E-state index is 11.5. The van der Waals surface area contributed by atoms with Crippen molar-refractivity contribution in [1.29, 1.82) is 0 Å². The molecule has 0 bridgehead atoms. The number of rotatable bonds is 8. The lowest BCUT2D eigenvalue weighted by Crippen LogP contribution is -2.36. The van der Waals surface area contributed by atoms with Gasteiger partial charge in [0.1, 0.15) is 0 Å². The summed E-state index contributed by atoms with van der Waals surface area (Å²) in [5.74, 6) is 1.11. The maximum Gasteiger partial charge on any atom is 0.315 e. The predicted octanol–water partition coefficient (Wildman–Crippen LogP) is 0.177. The summed E-state index contributed by atoms with van der Waals surface area (Å²) in [7, 11) is 0. The number of thioether (sulfide) groups is 1. The number of hydrogen-bond acceptors (Lipinski definition) is 4. The molecule has 2 rings (SSSR count). The lowest BCUT2D eigenvalue weighted by atomic mass is 10.0. The largest absolute Gasteiger partial charge is 0.356 e. The summed E-state index contributed by atoms with van der Waals surface area (Å²) in [6, 6.07) is 0.521. The molecule has 0 radical (unpaired) electrons. The van der Waals surface area contributed by atoms with E-state index in [1.807, 2.05) is 11.8 Å².